The first kappa shape index (κ1) is 18.0. The molecule has 1 aromatic heterocycles. The second-order valence-corrected chi connectivity index (χ2v) is 7.76. The zero-order chi connectivity index (χ0) is 19.5. The van der Waals surface area contributed by atoms with Gasteiger partial charge in [0.15, 0.2) is 11.6 Å². The molecule has 2 aliphatic rings. The number of aromatic nitrogens is 2. The lowest BCUT2D eigenvalue weighted by Crippen LogP contribution is -2.32. The van der Waals surface area contributed by atoms with E-state index in [1.807, 2.05) is 11.8 Å². The van der Waals surface area contributed by atoms with Gasteiger partial charge in [0, 0.05) is 30.7 Å². The number of nitrogens with two attached hydrogens (primary N) is 1. The Hall–Kier alpha value is -2.35. The minimum Gasteiger partial charge on any atom is -0.492 e. The first-order chi connectivity index (χ1) is 12.8. The minimum atomic E-state index is -0.581. The molecule has 2 atom stereocenters. The second kappa shape index (κ2) is 6.37. The number of halogens is 1. The van der Waals surface area contributed by atoms with Gasteiger partial charge in [0.25, 0.3) is 5.56 Å². The van der Waals surface area contributed by atoms with Gasteiger partial charge in [-0.25, -0.2) is 9.18 Å². The molecular weight excluding hydrogens is 351 g/mol. The number of hydrogen-bond donors (Lipinski definition) is 2. The molecular formula is C19H25FN4O3. The van der Waals surface area contributed by atoms with Crippen molar-refractivity contribution in [1.29, 1.82) is 0 Å². The molecule has 4 rings (SSSR count). The van der Waals surface area contributed by atoms with Crippen molar-refractivity contribution in [2.75, 3.05) is 25.1 Å². The molecule has 1 saturated heterocycles. The third-order valence-electron chi connectivity index (χ3n) is 5.89. The summed E-state index contributed by atoms with van der Waals surface area (Å²) in [4.78, 5) is 29.3. The summed E-state index contributed by atoms with van der Waals surface area (Å²) < 4.78 is 22.6. The van der Waals surface area contributed by atoms with Crippen molar-refractivity contribution in [3.63, 3.8) is 0 Å². The van der Waals surface area contributed by atoms with Gasteiger partial charge in [-0.3, -0.25) is 14.3 Å². The number of aryl methyl sites for hydroxylation is 1. The number of anilines is 1. The molecule has 146 valence electrons. The SMILES string of the molecule is COc1c(N2CC[C@H]([C@H](C)N)C2)c(F)c(C)c2c(=O)[nH]c(=O)n(C3CC3)c12. The summed E-state index contributed by atoms with van der Waals surface area (Å²) in [6.07, 6.45) is 2.57. The first-order valence-electron chi connectivity index (χ1n) is 9.40. The Morgan fingerprint density at radius 1 is 1.30 bits per heavy atom. The summed E-state index contributed by atoms with van der Waals surface area (Å²) >= 11 is 0. The topological polar surface area (TPSA) is 93.3 Å². The van der Waals surface area contributed by atoms with E-state index in [1.54, 1.807) is 11.5 Å². The minimum absolute atomic E-state index is 0.0121. The molecule has 2 heterocycles. The molecule has 0 unspecified atom stereocenters. The highest BCUT2D eigenvalue weighted by atomic mass is 19.1. The number of nitrogens with zero attached hydrogens (tertiary/aromatic N) is 2. The zero-order valence-electron chi connectivity index (χ0n) is 15.8. The van der Waals surface area contributed by atoms with E-state index in [-0.39, 0.29) is 34.7 Å². The van der Waals surface area contributed by atoms with Crippen molar-refractivity contribution in [2.24, 2.45) is 11.7 Å². The molecule has 1 aliphatic heterocycles. The average Bonchev–Trinajstić information content (AvgIpc) is 3.32. The van der Waals surface area contributed by atoms with E-state index in [2.05, 4.69) is 4.98 Å². The molecule has 8 heteroatoms. The van der Waals surface area contributed by atoms with Crippen molar-refractivity contribution in [1.82, 2.24) is 9.55 Å². The van der Waals surface area contributed by atoms with Gasteiger partial charge in [-0.15, -0.1) is 0 Å². The molecule has 0 bridgehead atoms. The van der Waals surface area contributed by atoms with E-state index >= 15 is 4.39 Å². The van der Waals surface area contributed by atoms with Gasteiger partial charge in [0.2, 0.25) is 0 Å². The van der Waals surface area contributed by atoms with Gasteiger partial charge in [-0.2, -0.15) is 0 Å². The Morgan fingerprint density at radius 2 is 2.00 bits per heavy atom. The lowest BCUT2D eigenvalue weighted by molar-refractivity contribution is 0.412. The van der Waals surface area contributed by atoms with Crippen LogP contribution in [0.25, 0.3) is 10.9 Å². The summed E-state index contributed by atoms with van der Waals surface area (Å²) in [5, 5.41) is 0.183. The van der Waals surface area contributed by atoms with Gasteiger partial charge in [-0.1, -0.05) is 0 Å². The van der Waals surface area contributed by atoms with E-state index in [4.69, 9.17) is 10.5 Å². The van der Waals surface area contributed by atoms with Crippen LogP contribution in [0.1, 0.15) is 37.8 Å². The van der Waals surface area contributed by atoms with E-state index in [0.29, 0.717) is 24.3 Å². The molecule has 2 aromatic rings. The van der Waals surface area contributed by atoms with Gasteiger partial charge in [-0.05, 0) is 39.0 Å². The van der Waals surface area contributed by atoms with Crippen LogP contribution in [0.3, 0.4) is 0 Å². The number of H-pyrrole nitrogens is 1. The Bertz CT molecular complexity index is 1020. The van der Waals surface area contributed by atoms with Gasteiger partial charge in [0.1, 0.15) is 11.2 Å². The van der Waals surface area contributed by atoms with Crippen LogP contribution in [0.15, 0.2) is 9.59 Å². The third-order valence-corrected chi connectivity index (χ3v) is 5.89. The normalized spacial score (nSPS) is 21.1. The predicted octanol–water partition coefficient (Wildman–Crippen LogP) is 1.65. The second-order valence-electron chi connectivity index (χ2n) is 7.76. The quantitative estimate of drug-likeness (QED) is 0.846. The Morgan fingerprint density at radius 3 is 2.56 bits per heavy atom. The Balaban J connectivity index is 2.03. The van der Waals surface area contributed by atoms with Crippen molar-refractivity contribution < 1.29 is 9.13 Å². The van der Waals surface area contributed by atoms with Gasteiger partial charge >= 0.3 is 5.69 Å². The number of fused-ring (bicyclic) bond motifs is 1. The molecule has 2 fully saturated rings. The molecule has 0 spiro atoms. The zero-order valence-corrected chi connectivity index (χ0v) is 15.8. The fourth-order valence-corrected chi connectivity index (χ4v) is 4.20. The maximum Gasteiger partial charge on any atom is 0.329 e. The van der Waals surface area contributed by atoms with Crippen LogP contribution in [-0.4, -0.2) is 35.8 Å². The molecule has 0 amide bonds. The Kier molecular flexibility index (Phi) is 4.25. The van der Waals surface area contributed by atoms with E-state index in [9.17, 15) is 9.59 Å². The molecule has 3 N–H and O–H groups in total. The summed E-state index contributed by atoms with van der Waals surface area (Å²) in [6.45, 7) is 4.81. The molecule has 1 aliphatic carbocycles. The fraction of sp³-hybridized carbons (Fsp3) is 0.579. The first-order valence-corrected chi connectivity index (χ1v) is 9.40. The number of methoxy groups -OCH3 is 1. The highest BCUT2D eigenvalue weighted by molar-refractivity contribution is 5.93. The summed E-state index contributed by atoms with van der Waals surface area (Å²) in [5.74, 6) is 0.0413. The van der Waals surface area contributed by atoms with Crippen LogP contribution in [0, 0.1) is 18.7 Å². The lowest BCUT2D eigenvalue weighted by atomic mass is 10.0. The van der Waals surface area contributed by atoms with Crippen molar-refractivity contribution >= 4 is 16.6 Å². The highest BCUT2D eigenvalue weighted by Crippen LogP contribution is 2.44. The maximum absolute atomic E-state index is 15.4. The molecule has 0 radical (unpaired) electrons. The van der Waals surface area contributed by atoms with Gasteiger partial charge in [0.05, 0.1) is 12.5 Å². The number of aromatic amines is 1. The largest absolute Gasteiger partial charge is 0.492 e. The molecule has 7 nitrogen and oxygen atoms in total. The number of nitrogens with one attached hydrogen (secondary N) is 1. The van der Waals surface area contributed by atoms with Gasteiger partial charge < -0.3 is 15.4 Å². The van der Waals surface area contributed by atoms with Crippen LogP contribution in [-0.2, 0) is 0 Å². The van der Waals surface area contributed by atoms with Crippen LogP contribution in [0.4, 0.5) is 10.1 Å². The molecule has 27 heavy (non-hydrogen) atoms. The smallest absolute Gasteiger partial charge is 0.329 e. The number of benzene rings is 1. The van der Waals surface area contributed by atoms with Crippen molar-refractivity contribution in [2.45, 2.75) is 45.2 Å². The lowest BCUT2D eigenvalue weighted by Gasteiger charge is -2.26. The number of rotatable bonds is 4. The van der Waals surface area contributed by atoms with E-state index in [1.165, 1.54) is 7.11 Å². The number of hydrogen-bond acceptors (Lipinski definition) is 5. The summed E-state index contributed by atoms with van der Waals surface area (Å²) in [6, 6.07) is 0.0250. The average molecular weight is 376 g/mol. The molecule has 1 aromatic carbocycles. The van der Waals surface area contributed by atoms with E-state index in [0.717, 1.165) is 19.3 Å². The monoisotopic (exact) mass is 376 g/mol. The van der Waals surface area contributed by atoms with Crippen LogP contribution < -0.4 is 26.6 Å². The third kappa shape index (κ3) is 2.74. The molecule has 1 saturated carbocycles. The summed E-state index contributed by atoms with van der Waals surface area (Å²) in [5.41, 5.74) is 5.94. The van der Waals surface area contributed by atoms with E-state index < -0.39 is 17.1 Å². The number of ether oxygens (including phenoxy) is 1. The predicted molar refractivity (Wildman–Crippen MR) is 102 cm³/mol. The highest BCUT2D eigenvalue weighted by Gasteiger charge is 2.35. The van der Waals surface area contributed by atoms with Crippen LogP contribution in [0.2, 0.25) is 0 Å². The van der Waals surface area contributed by atoms with Crippen molar-refractivity contribution in [3.05, 3.63) is 32.2 Å². The van der Waals surface area contributed by atoms with Crippen molar-refractivity contribution in [3.8, 4) is 5.75 Å². The Labute approximate surface area is 155 Å². The maximum atomic E-state index is 15.4. The standard InChI is InChI=1S/C19H25FN4O3/c1-9-13-15(24(12-4-5-12)19(26)22-18(13)25)17(27-3)16(14(9)20)23-7-6-11(8-23)10(2)21/h10-12H,4-8,21H2,1-3H3,(H,22,25,26)/t10-,11-/m0/s1. The fourth-order valence-electron chi connectivity index (χ4n) is 4.20. The summed E-state index contributed by atoms with van der Waals surface area (Å²) in [7, 11) is 1.45. The van der Waals surface area contributed by atoms with Crippen LogP contribution in [0.5, 0.6) is 5.75 Å². The van der Waals surface area contributed by atoms with Crippen LogP contribution >= 0.6 is 0 Å².